The van der Waals surface area contributed by atoms with Gasteiger partial charge in [0.25, 0.3) is 0 Å². The third-order valence-electron chi connectivity index (χ3n) is 2.90. The summed E-state index contributed by atoms with van der Waals surface area (Å²) in [5, 5.41) is 8.52. The van der Waals surface area contributed by atoms with Gasteiger partial charge < -0.3 is 4.90 Å². The van der Waals surface area contributed by atoms with Gasteiger partial charge in [-0.05, 0) is 12.8 Å². The summed E-state index contributed by atoms with van der Waals surface area (Å²) in [7, 11) is 0. The molecule has 0 spiro atoms. The van der Waals surface area contributed by atoms with Crippen LogP contribution in [-0.4, -0.2) is 48.4 Å². The van der Waals surface area contributed by atoms with Gasteiger partial charge in [0, 0.05) is 32.1 Å². The van der Waals surface area contributed by atoms with Gasteiger partial charge in [-0.2, -0.15) is 5.26 Å². The summed E-state index contributed by atoms with van der Waals surface area (Å²) < 4.78 is 0. The van der Waals surface area contributed by atoms with E-state index in [1.165, 1.54) is 0 Å². The lowest BCUT2D eigenvalue weighted by Crippen LogP contribution is -2.49. The molecular formula is C10H15N3O. The zero-order valence-corrected chi connectivity index (χ0v) is 8.28. The summed E-state index contributed by atoms with van der Waals surface area (Å²) in [5.41, 5.74) is 0. The van der Waals surface area contributed by atoms with Crippen LogP contribution in [0.1, 0.15) is 12.8 Å². The highest BCUT2D eigenvalue weighted by atomic mass is 16.2. The Bertz CT molecular complexity index is 259. The number of hydrogen-bond donors (Lipinski definition) is 0. The molecule has 0 aromatic carbocycles. The van der Waals surface area contributed by atoms with E-state index in [0.717, 1.165) is 39.0 Å². The Labute approximate surface area is 84.1 Å². The Morgan fingerprint density at radius 1 is 1.29 bits per heavy atom. The Kier molecular flexibility index (Phi) is 2.69. The third kappa shape index (κ3) is 2.05. The number of carbonyl (C=O) groups excluding carboxylic acids is 1. The van der Waals surface area contributed by atoms with Crippen molar-refractivity contribution in [3.05, 3.63) is 0 Å². The van der Waals surface area contributed by atoms with Crippen LogP contribution in [-0.2, 0) is 4.79 Å². The minimum atomic E-state index is 0.331. The topological polar surface area (TPSA) is 47.3 Å². The molecular weight excluding hydrogens is 178 g/mol. The SMILES string of the molecule is N#CCN1CCN(C(=O)C2CC2)CC1. The first-order valence-electron chi connectivity index (χ1n) is 5.19. The lowest BCUT2D eigenvalue weighted by Gasteiger charge is -2.33. The van der Waals surface area contributed by atoms with E-state index in [0.29, 0.717) is 18.4 Å². The minimum Gasteiger partial charge on any atom is -0.340 e. The lowest BCUT2D eigenvalue weighted by atomic mass is 10.2. The number of piperazine rings is 1. The van der Waals surface area contributed by atoms with Crippen LogP contribution in [0.25, 0.3) is 0 Å². The highest BCUT2D eigenvalue weighted by molar-refractivity contribution is 5.81. The predicted octanol–water partition coefficient (Wildman–Crippen LogP) is 0.0642. The van der Waals surface area contributed by atoms with Crippen molar-refractivity contribution in [3.63, 3.8) is 0 Å². The fourth-order valence-electron chi connectivity index (χ4n) is 1.81. The predicted molar refractivity (Wildman–Crippen MR) is 51.4 cm³/mol. The zero-order chi connectivity index (χ0) is 9.97. The second-order valence-electron chi connectivity index (χ2n) is 4.03. The van der Waals surface area contributed by atoms with Gasteiger partial charge in [0.15, 0.2) is 0 Å². The Morgan fingerprint density at radius 3 is 2.43 bits per heavy atom. The first kappa shape index (κ1) is 9.47. The maximum atomic E-state index is 11.7. The van der Waals surface area contributed by atoms with Crippen LogP contribution in [0.4, 0.5) is 0 Å². The van der Waals surface area contributed by atoms with Crippen molar-refractivity contribution in [2.24, 2.45) is 5.92 Å². The molecule has 0 radical (unpaired) electrons. The van der Waals surface area contributed by atoms with Crippen LogP contribution >= 0.6 is 0 Å². The normalized spacial score (nSPS) is 23.2. The molecule has 76 valence electrons. The molecule has 1 aliphatic carbocycles. The summed E-state index contributed by atoms with van der Waals surface area (Å²) >= 11 is 0. The van der Waals surface area contributed by atoms with E-state index >= 15 is 0 Å². The molecule has 4 nitrogen and oxygen atoms in total. The Hall–Kier alpha value is -1.08. The van der Waals surface area contributed by atoms with Gasteiger partial charge in [-0.25, -0.2) is 0 Å². The number of rotatable bonds is 2. The van der Waals surface area contributed by atoms with Gasteiger partial charge in [-0.3, -0.25) is 9.69 Å². The number of hydrogen-bond acceptors (Lipinski definition) is 3. The van der Waals surface area contributed by atoms with E-state index in [1.54, 1.807) is 0 Å². The van der Waals surface area contributed by atoms with Crippen LogP contribution in [0.3, 0.4) is 0 Å². The quantitative estimate of drug-likeness (QED) is 0.583. The molecule has 4 heteroatoms. The molecule has 14 heavy (non-hydrogen) atoms. The van der Waals surface area contributed by atoms with Crippen molar-refractivity contribution < 1.29 is 4.79 Å². The smallest absolute Gasteiger partial charge is 0.225 e. The van der Waals surface area contributed by atoms with Crippen LogP contribution in [0, 0.1) is 17.2 Å². The molecule has 0 N–H and O–H groups in total. The first-order chi connectivity index (χ1) is 6.81. The fraction of sp³-hybridized carbons (Fsp3) is 0.800. The second-order valence-corrected chi connectivity index (χ2v) is 4.03. The van der Waals surface area contributed by atoms with E-state index in [4.69, 9.17) is 5.26 Å². The minimum absolute atomic E-state index is 0.331. The number of nitriles is 1. The van der Waals surface area contributed by atoms with Gasteiger partial charge in [0.05, 0.1) is 12.6 Å². The van der Waals surface area contributed by atoms with Gasteiger partial charge in [0.2, 0.25) is 5.91 Å². The van der Waals surface area contributed by atoms with Crippen LogP contribution in [0.5, 0.6) is 0 Å². The molecule has 1 heterocycles. The van der Waals surface area contributed by atoms with Crippen LogP contribution < -0.4 is 0 Å². The average molecular weight is 193 g/mol. The van der Waals surface area contributed by atoms with Crippen molar-refractivity contribution in [1.29, 1.82) is 5.26 Å². The van der Waals surface area contributed by atoms with E-state index in [2.05, 4.69) is 11.0 Å². The molecule has 0 atom stereocenters. The Morgan fingerprint density at radius 2 is 1.93 bits per heavy atom. The monoisotopic (exact) mass is 193 g/mol. The largest absolute Gasteiger partial charge is 0.340 e. The molecule has 1 aliphatic heterocycles. The number of amides is 1. The zero-order valence-electron chi connectivity index (χ0n) is 8.28. The molecule has 2 aliphatic rings. The maximum absolute atomic E-state index is 11.7. The lowest BCUT2D eigenvalue weighted by molar-refractivity contribution is -0.134. The van der Waals surface area contributed by atoms with Crippen molar-refractivity contribution in [2.75, 3.05) is 32.7 Å². The summed E-state index contributed by atoms with van der Waals surface area (Å²) in [6.07, 6.45) is 2.16. The van der Waals surface area contributed by atoms with E-state index < -0.39 is 0 Å². The molecule has 1 amide bonds. The van der Waals surface area contributed by atoms with Crippen molar-refractivity contribution >= 4 is 5.91 Å². The maximum Gasteiger partial charge on any atom is 0.225 e. The molecule has 1 saturated carbocycles. The highest BCUT2D eigenvalue weighted by Gasteiger charge is 2.34. The van der Waals surface area contributed by atoms with E-state index in [-0.39, 0.29) is 0 Å². The van der Waals surface area contributed by atoms with Gasteiger partial charge in [0.1, 0.15) is 0 Å². The molecule has 0 bridgehead atoms. The van der Waals surface area contributed by atoms with Crippen LogP contribution in [0.2, 0.25) is 0 Å². The molecule has 2 fully saturated rings. The molecule has 1 saturated heterocycles. The van der Waals surface area contributed by atoms with Gasteiger partial charge >= 0.3 is 0 Å². The Balaban J connectivity index is 1.78. The van der Waals surface area contributed by atoms with Crippen molar-refractivity contribution in [1.82, 2.24) is 9.80 Å². The summed E-state index contributed by atoms with van der Waals surface area (Å²) in [6.45, 7) is 3.80. The van der Waals surface area contributed by atoms with E-state index in [9.17, 15) is 4.79 Å². The summed E-state index contributed by atoms with van der Waals surface area (Å²) in [5.74, 6) is 0.666. The highest BCUT2D eigenvalue weighted by Crippen LogP contribution is 2.31. The van der Waals surface area contributed by atoms with Crippen LogP contribution in [0.15, 0.2) is 0 Å². The summed E-state index contributed by atoms with van der Waals surface area (Å²) in [6, 6.07) is 2.14. The van der Waals surface area contributed by atoms with E-state index in [1.807, 2.05) is 4.90 Å². The fourth-order valence-corrected chi connectivity index (χ4v) is 1.81. The first-order valence-corrected chi connectivity index (χ1v) is 5.19. The second kappa shape index (κ2) is 3.97. The standard InChI is InChI=1S/C10H15N3O/c11-3-4-12-5-7-13(8-6-12)10(14)9-1-2-9/h9H,1-2,4-8H2. The molecule has 0 aromatic rings. The summed E-state index contributed by atoms with van der Waals surface area (Å²) in [4.78, 5) is 15.7. The molecule has 2 rings (SSSR count). The van der Waals surface area contributed by atoms with Crippen molar-refractivity contribution in [2.45, 2.75) is 12.8 Å². The molecule has 0 aromatic heterocycles. The van der Waals surface area contributed by atoms with Crippen molar-refractivity contribution in [3.8, 4) is 6.07 Å². The average Bonchev–Trinajstić information content (AvgIpc) is 3.02. The van der Waals surface area contributed by atoms with Gasteiger partial charge in [-0.15, -0.1) is 0 Å². The van der Waals surface area contributed by atoms with Gasteiger partial charge in [-0.1, -0.05) is 0 Å². The number of carbonyl (C=O) groups is 1. The molecule has 0 unspecified atom stereocenters. The number of nitrogens with zero attached hydrogens (tertiary/aromatic N) is 3. The third-order valence-corrected chi connectivity index (χ3v) is 2.90.